The number of aromatic nitrogens is 2. The number of nitrogens with zero attached hydrogens (tertiary/aromatic N) is 2. The van der Waals surface area contributed by atoms with Gasteiger partial charge in [-0.05, 0) is 38.5 Å². The fourth-order valence-corrected chi connectivity index (χ4v) is 2.64. The van der Waals surface area contributed by atoms with Crippen molar-refractivity contribution < 1.29 is 9.53 Å². The molecule has 0 aliphatic rings. The van der Waals surface area contributed by atoms with Gasteiger partial charge in [0.15, 0.2) is 0 Å². The van der Waals surface area contributed by atoms with Gasteiger partial charge < -0.3 is 10.5 Å². The highest BCUT2D eigenvalue weighted by molar-refractivity contribution is 5.91. The van der Waals surface area contributed by atoms with Gasteiger partial charge in [0, 0.05) is 12.0 Å². The Morgan fingerprint density at radius 3 is 2.52 bits per heavy atom. The second-order valence-corrected chi connectivity index (χ2v) is 7.33. The molecule has 1 heterocycles. The highest BCUT2D eigenvalue weighted by atomic mass is 16.6. The molecule has 0 saturated heterocycles. The number of anilines is 1. The second-order valence-electron chi connectivity index (χ2n) is 7.33. The van der Waals surface area contributed by atoms with Gasteiger partial charge in [0.25, 0.3) is 0 Å². The molecule has 5 heteroatoms. The van der Waals surface area contributed by atoms with E-state index in [1.165, 1.54) is 0 Å². The van der Waals surface area contributed by atoms with Gasteiger partial charge >= 0.3 is 5.97 Å². The Hall–Kier alpha value is -3.21. The minimum absolute atomic E-state index is 0.364. The molecule has 0 aliphatic heterocycles. The Balaban J connectivity index is 1.89. The maximum atomic E-state index is 12.3. The molecule has 27 heavy (non-hydrogen) atoms. The lowest BCUT2D eigenvalue weighted by Gasteiger charge is -2.19. The van der Waals surface area contributed by atoms with Crippen LogP contribution in [0, 0.1) is 0 Å². The largest absolute Gasteiger partial charge is 0.456 e. The first kappa shape index (κ1) is 18.6. The number of rotatable bonds is 4. The SMILES string of the molecule is CC(C)(C)OC(=O)c1cccc(-c2cnc(N)c(Cc3ccccc3)n2)c1. The van der Waals surface area contributed by atoms with E-state index in [1.807, 2.05) is 63.2 Å². The minimum Gasteiger partial charge on any atom is -0.456 e. The molecular formula is C22H23N3O2. The van der Waals surface area contributed by atoms with E-state index >= 15 is 0 Å². The van der Waals surface area contributed by atoms with Gasteiger partial charge in [-0.1, -0.05) is 42.5 Å². The molecule has 0 unspecified atom stereocenters. The van der Waals surface area contributed by atoms with Crippen molar-refractivity contribution in [2.45, 2.75) is 32.8 Å². The third-order valence-electron chi connectivity index (χ3n) is 3.88. The molecule has 0 bridgehead atoms. The maximum Gasteiger partial charge on any atom is 0.338 e. The van der Waals surface area contributed by atoms with Crippen molar-refractivity contribution in [3.8, 4) is 11.3 Å². The zero-order valence-corrected chi connectivity index (χ0v) is 15.8. The standard InChI is InChI=1S/C22H23N3O2/c1-22(2,3)27-21(26)17-11-7-10-16(13-17)19-14-24-20(23)18(25-19)12-15-8-5-4-6-9-15/h4-11,13-14H,12H2,1-3H3,(H2,23,24). The van der Waals surface area contributed by atoms with Crippen LogP contribution >= 0.6 is 0 Å². The van der Waals surface area contributed by atoms with Gasteiger partial charge in [0.1, 0.15) is 11.4 Å². The van der Waals surface area contributed by atoms with Crippen molar-refractivity contribution in [1.29, 1.82) is 0 Å². The number of carbonyl (C=O) groups excluding carboxylic acids is 1. The number of esters is 1. The molecule has 0 fully saturated rings. The summed E-state index contributed by atoms with van der Waals surface area (Å²) < 4.78 is 5.44. The molecule has 0 radical (unpaired) electrons. The number of nitrogen functional groups attached to an aromatic ring is 1. The number of benzene rings is 2. The molecule has 138 valence electrons. The molecule has 0 spiro atoms. The Bertz CT molecular complexity index is 947. The normalized spacial score (nSPS) is 11.2. The summed E-state index contributed by atoms with van der Waals surface area (Å²) in [6.07, 6.45) is 2.22. The van der Waals surface area contributed by atoms with Gasteiger partial charge in [-0.2, -0.15) is 0 Å². The number of nitrogens with two attached hydrogens (primary N) is 1. The lowest BCUT2D eigenvalue weighted by Crippen LogP contribution is -2.23. The summed E-state index contributed by atoms with van der Waals surface area (Å²) in [6, 6.07) is 17.2. The average molecular weight is 361 g/mol. The van der Waals surface area contributed by atoms with Crippen LogP contribution in [-0.4, -0.2) is 21.5 Å². The van der Waals surface area contributed by atoms with Crippen LogP contribution < -0.4 is 5.73 Å². The molecule has 0 saturated carbocycles. The number of carbonyl (C=O) groups is 1. The average Bonchev–Trinajstić information content (AvgIpc) is 2.63. The van der Waals surface area contributed by atoms with E-state index in [4.69, 9.17) is 10.5 Å². The summed E-state index contributed by atoms with van der Waals surface area (Å²) >= 11 is 0. The Labute approximate surface area is 159 Å². The van der Waals surface area contributed by atoms with Crippen LogP contribution in [0.5, 0.6) is 0 Å². The van der Waals surface area contributed by atoms with Gasteiger partial charge in [0.2, 0.25) is 0 Å². The first-order chi connectivity index (χ1) is 12.8. The predicted molar refractivity (Wildman–Crippen MR) is 106 cm³/mol. The topological polar surface area (TPSA) is 78.1 Å². The molecule has 0 aliphatic carbocycles. The third kappa shape index (κ3) is 4.91. The van der Waals surface area contributed by atoms with Gasteiger partial charge in [-0.3, -0.25) is 0 Å². The van der Waals surface area contributed by atoms with Crippen molar-refractivity contribution in [3.05, 3.63) is 77.6 Å². The molecular weight excluding hydrogens is 338 g/mol. The molecule has 2 aromatic carbocycles. The summed E-state index contributed by atoms with van der Waals surface area (Å²) in [6.45, 7) is 5.53. The number of hydrogen-bond acceptors (Lipinski definition) is 5. The monoisotopic (exact) mass is 361 g/mol. The summed E-state index contributed by atoms with van der Waals surface area (Å²) in [4.78, 5) is 21.3. The van der Waals surface area contributed by atoms with E-state index in [2.05, 4.69) is 9.97 Å². The smallest absolute Gasteiger partial charge is 0.338 e. The third-order valence-corrected chi connectivity index (χ3v) is 3.88. The van der Waals surface area contributed by atoms with E-state index in [9.17, 15) is 4.79 Å². The molecule has 1 aromatic heterocycles. The highest BCUT2D eigenvalue weighted by Crippen LogP contribution is 2.22. The molecule has 3 rings (SSSR count). The molecule has 2 N–H and O–H groups in total. The van der Waals surface area contributed by atoms with Crippen LogP contribution in [0.4, 0.5) is 5.82 Å². The highest BCUT2D eigenvalue weighted by Gasteiger charge is 2.18. The Morgan fingerprint density at radius 2 is 1.81 bits per heavy atom. The molecule has 0 atom stereocenters. The Morgan fingerprint density at radius 1 is 1.07 bits per heavy atom. The maximum absolute atomic E-state index is 12.3. The Kier molecular flexibility index (Phi) is 5.21. The van der Waals surface area contributed by atoms with Crippen molar-refractivity contribution in [2.24, 2.45) is 0 Å². The molecule has 5 nitrogen and oxygen atoms in total. The van der Waals surface area contributed by atoms with Crippen LogP contribution in [-0.2, 0) is 11.2 Å². The van der Waals surface area contributed by atoms with Gasteiger partial charge in [0.05, 0.1) is 23.1 Å². The number of hydrogen-bond donors (Lipinski definition) is 1. The van der Waals surface area contributed by atoms with E-state index in [0.717, 1.165) is 11.1 Å². The number of ether oxygens (including phenoxy) is 1. The first-order valence-electron chi connectivity index (χ1n) is 8.81. The van der Waals surface area contributed by atoms with Crippen molar-refractivity contribution in [1.82, 2.24) is 9.97 Å². The van der Waals surface area contributed by atoms with Crippen LogP contribution in [0.2, 0.25) is 0 Å². The van der Waals surface area contributed by atoms with Crippen LogP contribution in [0.15, 0.2) is 60.8 Å². The van der Waals surface area contributed by atoms with Crippen LogP contribution in [0.3, 0.4) is 0 Å². The van der Waals surface area contributed by atoms with Gasteiger partial charge in [-0.25, -0.2) is 14.8 Å². The summed E-state index contributed by atoms with van der Waals surface area (Å²) in [5, 5.41) is 0. The fourth-order valence-electron chi connectivity index (χ4n) is 2.64. The summed E-state index contributed by atoms with van der Waals surface area (Å²) in [5.41, 5.74) is 9.23. The van der Waals surface area contributed by atoms with Crippen molar-refractivity contribution in [3.63, 3.8) is 0 Å². The second kappa shape index (κ2) is 7.58. The molecule has 0 amide bonds. The van der Waals surface area contributed by atoms with Crippen LogP contribution in [0.1, 0.15) is 42.4 Å². The zero-order valence-electron chi connectivity index (χ0n) is 15.8. The van der Waals surface area contributed by atoms with Crippen LogP contribution in [0.25, 0.3) is 11.3 Å². The lowest BCUT2D eigenvalue weighted by atomic mass is 10.1. The van der Waals surface area contributed by atoms with E-state index < -0.39 is 5.60 Å². The quantitative estimate of drug-likeness (QED) is 0.702. The van der Waals surface area contributed by atoms with E-state index in [-0.39, 0.29) is 5.97 Å². The predicted octanol–water partition coefficient (Wildman–Crippen LogP) is 4.27. The van der Waals surface area contributed by atoms with Gasteiger partial charge in [-0.15, -0.1) is 0 Å². The fraction of sp³-hybridized carbons (Fsp3) is 0.227. The summed E-state index contributed by atoms with van der Waals surface area (Å²) in [7, 11) is 0. The lowest BCUT2D eigenvalue weighted by molar-refractivity contribution is 0.00696. The van der Waals surface area contributed by atoms with E-state index in [0.29, 0.717) is 29.2 Å². The zero-order chi connectivity index (χ0) is 19.4. The first-order valence-corrected chi connectivity index (χ1v) is 8.81. The van der Waals surface area contributed by atoms with Crippen molar-refractivity contribution >= 4 is 11.8 Å². The van der Waals surface area contributed by atoms with Crippen molar-refractivity contribution in [2.75, 3.05) is 5.73 Å². The summed E-state index contributed by atoms with van der Waals surface area (Å²) in [5.74, 6) is 0.0446. The molecule has 3 aromatic rings. The minimum atomic E-state index is -0.545. The van der Waals surface area contributed by atoms with E-state index in [1.54, 1.807) is 18.3 Å².